The molecular formula is C14H20ClNO3. The highest BCUT2D eigenvalue weighted by molar-refractivity contribution is 6.32. The highest BCUT2D eigenvalue weighted by atomic mass is 35.5. The fourth-order valence-corrected chi connectivity index (χ4v) is 2.24. The van der Waals surface area contributed by atoms with Crippen LogP contribution in [0.5, 0.6) is 5.75 Å². The first-order valence-corrected chi connectivity index (χ1v) is 6.56. The van der Waals surface area contributed by atoms with Gasteiger partial charge in [-0.2, -0.15) is 0 Å². The highest BCUT2D eigenvalue weighted by Gasteiger charge is 2.13. The molecule has 0 aliphatic rings. The molecule has 0 heterocycles. The molecule has 1 aromatic carbocycles. The van der Waals surface area contributed by atoms with Crippen molar-refractivity contribution in [1.82, 2.24) is 4.90 Å². The van der Waals surface area contributed by atoms with Gasteiger partial charge < -0.3 is 9.84 Å². The zero-order chi connectivity index (χ0) is 14.4. The summed E-state index contributed by atoms with van der Waals surface area (Å²) in [4.78, 5) is 12.8. The van der Waals surface area contributed by atoms with Crippen molar-refractivity contribution in [2.24, 2.45) is 5.92 Å². The Hall–Kier alpha value is -1.26. The van der Waals surface area contributed by atoms with E-state index in [1.807, 2.05) is 17.0 Å². The van der Waals surface area contributed by atoms with Gasteiger partial charge in [0.1, 0.15) is 5.75 Å². The number of aliphatic carboxylic acids is 1. The van der Waals surface area contributed by atoms with E-state index in [2.05, 4.69) is 13.8 Å². The molecule has 0 spiro atoms. The van der Waals surface area contributed by atoms with Crippen LogP contribution in [0.25, 0.3) is 0 Å². The summed E-state index contributed by atoms with van der Waals surface area (Å²) >= 11 is 6.06. The Morgan fingerprint density at radius 3 is 2.63 bits per heavy atom. The summed E-state index contributed by atoms with van der Waals surface area (Å²) in [6.45, 7) is 5.46. The third-order valence-electron chi connectivity index (χ3n) is 2.60. The van der Waals surface area contributed by atoms with Crippen LogP contribution in [-0.4, -0.2) is 36.2 Å². The largest absolute Gasteiger partial charge is 0.495 e. The Balaban J connectivity index is 2.77. The number of halogens is 1. The van der Waals surface area contributed by atoms with Gasteiger partial charge in [-0.3, -0.25) is 9.69 Å². The fraction of sp³-hybridized carbons (Fsp3) is 0.500. The zero-order valence-electron chi connectivity index (χ0n) is 11.5. The van der Waals surface area contributed by atoms with Crippen LogP contribution in [0.4, 0.5) is 0 Å². The molecule has 0 saturated carbocycles. The molecule has 0 saturated heterocycles. The summed E-state index contributed by atoms with van der Waals surface area (Å²) < 4.78 is 5.09. The molecule has 0 radical (unpaired) electrons. The number of hydrogen-bond donors (Lipinski definition) is 1. The molecule has 5 heteroatoms. The maximum atomic E-state index is 10.9. The standard InChI is InChI=1S/C14H20ClNO3/c1-10(2)7-16(9-14(17)18)8-11-4-5-13(19-3)12(15)6-11/h4-6,10H,7-9H2,1-3H3,(H,17,18). The van der Waals surface area contributed by atoms with Gasteiger partial charge >= 0.3 is 5.97 Å². The Morgan fingerprint density at radius 1 is 1.47 bits per heavy atom. The van der Waals surface area contributed by atoms with E-state index in [0.29, 0.717) is 23.2 Å². The van der Waals surface area contributed by atoms with E-state index in [0.717, 1.165) is 12.1 Å². The van der Waals surface area contributed by atoms with Crippen LogP contribution in [-0.2, 0) is 11.3 Å². The van der Waals surface area contributed by atoms with Gasteiger partial charge in [-0.25, -0.2) is 0 Å². The summed E-state index contributed by atoms with van der Waals surface area (Å²) in [6.07, 6.45) is 0. The molecule has 19 heavy (non-hydrogen) atoms. The molecular weight excluding hydrogens is 266 g/mol. The maximum Gasteiger partial charge on any atom is 0.317 e. The smallest absolute Gasteiger partial charge is 0.317 e. The molecule has 1 N–H and O–H groups in total. The third-order valence-corrected chi connectivity index (χ3v) is 2.90. The average molecular weight is 286 g/mol. The molecule has 0 aliphatic carbocycles. The van der Waals surface area contributed by atoms with Crippen LogP contribution in [0.3, 0.4) is 0 Å². The molecule has 1 rings (SSSR count). The summed E-state index contributed by atoms with van der Waals surface area (Å²) in [5.41, 5.74) is 0.979. The van der Waals surface area contributed by atoms with Gasteiger partial charge in [-0.15, -0.1) is 0 Å². The minimum atomic E-state index is -0.819. The lowest BCUT2D eigenvalue weighted by atomic mass is 10.1. The van der Waals surface area contributed by atoms with Crippen LogP contribution in [0.1, 0.15) is 19.4 Å². The number of carboxylic acid groups (broad SMARTS) is 1. The Morgan fingerprint density at radius 2 is 2.16 bits per heavy atom. The number of carboxylic acids is 1. The first kappa shape index (κ1) is 15.8. The average Bonchev–Trinajstić information content (AvgIpc) is 2.27. The van der Waals surface area contributed by atoms with E-state index >= 15 is 0 Å². The van der Waals surface area contributed by atoms with Gasteiger partial charge in [0.25, 0.3) is 0 Å². The first-order chi connectivity index (χ1) is 8.92. The van der Waals surface area contributed by atoms with Crippen molar-refractivity contribution in [2.45, 2.75) is 20.4 Å². The third kappa shape index (κ3) is 5.49. The Bertz CT molecular complexity index is 435. The van der Waals surface area contributed by atoms with Gasteiger partial charge in [-0.05, 0) is 23.6 Å². The summed E-state index contributed by atoms with van der Waals surface area (Å²) in [6, 6.07) is 5.52. The topological polar surface area (TPSA) is 49.8 Å². The summed E-state index contributed by atoms with van der Waals surface area (Å²) in [5.74, 6) is 0.215. The van der Waals surface area contributed by atoms with Crippen LogP contribution in [0.2, 0.25) is 5.02 Å². The molecule has 0 aliphatic heterocycles. The van der Waals surface area contributed by atoms with Crippen LogP contribution >= 0.6 is 11.6 Å². The van der Waals surface area contributed by atoms with Crippen molar-refractivity contribution in [3.63, 3.8) is 0 Å². The molecule has 0 bridgehead atoms. The van der Waals surface area contributed by atoms with Crippen LogP contribution < -0.4 is 4.74 Å². The lowest BCUT2D eigenvalue weighted by Crippen LogP contribution is -2.32. The quantitative estimate of drug-likeness (QED) is 0.837. The highest BCUT2D eigenvalue weighted by Crippen LogP contribution is 2.25. The Kier molecular flexibility index (Phi) is 6.12. The van der Waals surface area contributed by atoms with Crippen molar-refractivity contribution in [3.8, 4) is 5.75 Å². The number of nitrogens with zero attached hydrogens (tertiary/aromatic N) is 1. The van der Waals surface area contributed by atoms with E-state index in [9.17, 15) is 4.79 Å². The molecule has 0 amide bonds. The molecule has 1 aromatic rings. The van der Waals surface area contributed by atoms with Crippen LogP contribution in [0, 0.1) is 5.92 Å². The number of hydrogen-bond acceptors (Lipinski definition) is 3. The monoisotopic (exact) mass is 285 g/mol. The van der Waals surface area contributed by atoms with Crippen molar-refractivity contribution >= 4 is 17.6 Å². The lowest BCUT2D eigenvalue weighted by Gasteiger charge is -2.22. The molecule has 106 valence electrons. The lowest BCUT2D eigenvalue weighted by molar-refractivity contribution is -0.138. The number of carbonyl (C=O) groups is 1. The molecule has 4 nitrogen and oxygen atoms in total. The van der Waals surface area contributed by atoms with Crippen LogP contribution in [0.15, 0.2) is 18.2 Å². The van der Waals surface area contributed by atoms with Crippen molar-refractivity contribution in [3.05, 3.63) is 28.8 Å². The van der Waals surface area contributed by atoms with Gasteiger partial charge in [0.05, 0.1) is 18.7 Å². The van der Waals surface area contributed by atoms with E-state index in [1.165, 1.54) is 0 Å². The summed E-state index contributed by atoms with van der Waals surface area (Å²) in [7, 11) is 1.57. The predicted molar refractivity (Wildman–Crippen MR) is 75.8 cm³/mol. The molecule has 0 unspecified atom stereocenters. The van der Waals surface area contributed by atoms with Gasteiger partial charge in [0, 0.05) is 13.1 Å². The summed E-state index contributed by atoms with van der Waals surface area (Å²) in [5, 5.41) is 9.47. The van der Waals surface area contributed by atoms with E-state index in [1.54, 1.807) is 13.2 Å². The number of rotatable bonds is 7. The van der Waals surface area contributed by atoms with Gasteiger partial charge in [0.2, 0.25) is 0 Å². The molecule has 0 fully saturated rings. The van der Waals surface area contributed by atoms with Crippen molar-refractivity contribution in [1.29, 1.82) is 0 Å². The number of methoxy groups -OCH3 is 1. The molecule has 0 aromatic heterocycles. The minimum absolute atomic E-state index is 0.0296. The van der Waals surface area contributed by atoms with E-state index < -0.39 is 5.97 Å². The normalized spacial score (nSPS) is 11.1. The van der Waals surface area contributed by atoms with E-state index in [4.69, 9.17) is 21.4 Å². The second-order valence-corrected chi connectivity index (χ2v) is 5.33. The second kappa shape index (κ2) is 7.36. The van der Waals surface area contributed by atoms with Gasteiger partial charge in [0.15, 0.2) is 0 Å². The maximum absolute atomic E-state index is 10.9. The Labute approximate surface area is 118 Å². The fourth-order valence-electron chi connectivity index (χ4n) is 1.96. The number of ether oxygens (including phenoxy) is 1. The first-order valence-electron chi connectivity index (χ1n) is 6.19. The second-order valence-electron chi connectivity index (χ2n) is 4.93. The zero-order valence-corrected chi connectivity index (χ0v) is 12.3. The minimum Gasteiger partial charge on any atom is -0.495 e. The number of benzene rings is 1. The molecule has 0 atom stereocenters. The van der Waals surface area contributed by atoms with E-state index in [-0.39, 0.29) is 6.54 Å². The van der Waals surface area contributed by atoms with Crippen molar-refractivity contribution in [2.75, 3.05) is 20.2 Å². The van der Waals surface area contributed by atoms with Gasteiger partial charge in [-0.1, -0.05) is 31.5 Å². The van der Waals surface area contributed by atoms with Crippen molar-refractivity contribution < 1.29 is 14.6 Å². The predicted octanol–water partition coefficient (Wildman–Crippen LogP) is 2.89. The SMILES string of the molecule is COc1ccc(CN(CC(=O)O)CC(C)C)cc1Cl.